The Morgan fingerprint density at radius 3 is 2.77 bits per heavy atom. The molecule has 0 bridgehead atoms. The van der Waals surface area contributed by atoms with Crippen molar-refractivity contribution >= 4 is 66.4 Å². The van der Waals surface area contributed by atoms with E-state index in [-0.39, 0.29) is 11.0 Å². The summed E-state index contributed by atoms with van der Waals surface area (Å²) in [6.45, 7) is 0. The maximum absolute atomic E-state index is 12.6. The topological polar surface area (TPSA) is 63.2 Å². The number of nitrogens with one attached hydrogen (secondary N) is 2. The molecule has 0 fully saturated rings. The van der Waals surface area contributed by atoms with Gasteiger partial charge in [-0.3, -0.25) is 10.1 Å². The number of carbonyl (C=O) groups is 1. The van der Waals surface area contributed by atoms with Crippen LogP contribution in [0.25, 0.3) is 22.0 Å². The van der Waals surface area contributed by atoms with Crippen LogP contribution in [0.2, 0.25) is 0 Å². The Morgan fingerprint density at radius 2 is 1.93 bits per heavy atom. The molecule has 30 heavy (non-hydrogen) atoms. The van der Waals surface area contributed by atoms with Gasteiger partial charge in [-0.1, -0.05) is 58.4 Å². The third kappa shape index (κ3) is 4.35. The van der Waals surface area contributed by atoms with Crippen molar-refractivity contribution < 1.29 is 9.53 Å². The lowest BCUT2D eigenvalue weighted by Crippen LogP contribution is -2.34. The highest BCUT2D eigenvalue weighted by atomic mass is 79.9. The second-order valence-electron chi connectivity index (χ2n) is 6.32. The molecule has 4 rings (SSSR count). The summed E-state index contributed by atoms with van der Waals surface area (Å²) in [5.41, 5.74) is 2.28. The zero-order valence-electron chi connectivity index (χ0n) is 15.8. The van der Waals surface area contributed by atoms with Gasteiger partial charge in [0.2, 0.25) is 0 Å². The monoisotopic (exact) mass is 497 g/mol. The van der Waals surface area contributed by atoms with E-state index in [1.54, 1.807) is 18.2 Å². The predicted molar refractivity (Wildman–Crippen MR) is 129 cm³/mol. The Kier molecular flexibility index (Phi) is 6.08. The van der Waals surface area contributed by atoms with Crippen LogP contribution in [0.5, 0.6) is 5.75 Å². The lowest BCUT2D eigenvalue weighted by molar-refractivity contribution is 0.0974. The van der Waals surface area contributed by atoms with Crippen molar-refractivity contribution in [2.45, 2.75) is 0 Å². The van der Waals surface area contributed by atoms with Crippen molar-refractivity contribution in [2.75, 3.05) is 12.4 Å². The number of fused-ring (bicyclic) bond motifs is 1. The van der Waals surface area contributed by atoms with E-state index in [0.717, 1.165) is 26.5 Å². The molecule has 1 amide bonds. The van der Waals surface area contributed by atoms with Crippen LogP contribution < -0.4 is 15.4 Å². The normalized spacial score (nSPS) is 10.6. The van der Waals surface area contributed by atoms with Gasteiger partial charge in [0.1, 0.15) is 5.75 Å². The molecule has 0 atom stereocenters. The number of amides is 1. The minimum absolute atomic E-state index is 0.167. The molecule has 5 nitrogen and oxygen atoms in total. The van der Waals surface area contributed by atoms with Gasteiger partial charge in [0.15, 0.2) is 10.2 Å². The Bertz CT molecular complexity index is 1250. The van der Waals surface area contributed by atoms with Gasteiger partial charge in [-0.2, -0.15) is 0 Å². The second-order valence-corrected chi connectivity index (χ2v) is 8.50. The first-order valence-electron chi connectivity index (χ1n) is 8.94. The van der Waals surface area contributed by atoms with E-state index in [9.17, 15) is 4.79 Å². The molecule has 1 aromatic heterocycles. The lowest BCUT2D eigenvalue weighted by atomic mass is 10.0. The van der Waals surface area contributed by atoms with Crippen molar-refractivity contribution in [2.24, 2.45) is 0 Å². The summed E-state index contributed by atoms with van der Waals surface area (Å²) in [6.07, 6.45) is 0. The molecule has 2 N–H and O–H groups in total. The van der Waals surface area contributed by atoms with Crippen molar-refractivity contribution in [1.82, 2.24) is 10.3 Å². The molecular weight excluding hydrogens is 482 g/mol. The molecule has 8 heteroatoms. The number of rotatable bonds is 4. The van der Waals surface area contributed by atoms with Gasteiger partial charge >= 0.3 is 0 Å². The molecular formula is C22H16BrN3O2S2. The first-order chi connectivity index (χ1) is 14.5. The zero-order valence-corrected chi connectivity index (χ0v) is 19.0. The van der Waals surface area contributed by atoms with Gasteiger partial charge in [0.05, 0.1) is 18.4 Å². The van der Waals surface area contributed by atoms with Crippen LogP contribution in [-0.4, -0.2) is 23.1 Å². The molecule has 1 heterocycles. The number of nitrogens with zero attached hydrogens (tertiary/aromatic N) is 1. The number of anilines is 1. The number of halogens is 1. The fourth-order valence-corrected chi connectivity index (χ4v) is 4.39. The van der Waals surface area contributed by atoms with Crippen molar-refractivity contribution in [3.05, 3.63) is 76.1 Å². The molecule has 0 aliphatic carbocycles. The van der Waals surface area contributed by atoms with Gasteiger partial charge in [-0.15, -0.1) is 11.3 Å². The second kappa shape index (κ2) is 8.91. The SMILES string of the molecule is COc1ccc(Br)cc1C(=O)NC(=S)Nc1nc(-c2cccc3ccccc23)cs1. The minimum atomic E-state index is -0.364. The van der Waals surface area contributed by atoms with Gasteiger partial charge in [-0.25, -0.2) is 4.98 Å². The Balaban J connectivity index is 1.49. The summed E-state index contributed by atoms with van der Waals surface area (Å²) in [5, 5.41) is 10.7. The summed E-state index contributed by atoms with van der Waals surface area (Å²) in [6, 6.07) is 19.5. The van der Waals surface area contributed by atoms with E-state index in [0.29, 0.717) is 16.4 Å². The van der Waals surface area contributed by atoms with E-state index < -0.39 is 0 Å². The third-order valence-corrected chi connectivity index (χ3v) is 5.88. The first kappa shape index (κ1) is 20.5. The standard InChI is InChI=1S/C22H16BrN3O2S2/c1-28-19-10-9-14(23)11-17(19)20(27)25-21(29)26-22-24-18(12-30-22)16-8-4-6-13-5-2-3-7-15(13)16/h2-12H,1H3,(H2,24,25,26,27,29). The van der Waals surface area contributed by atoms with E-state index in [2.05, 4.69) is 49.7 Å². The minimum Gasteiger partial charge on any atom is -0.496 e. The molecule has 0 saturated carbocycles. The largest absolute Gasteiger partial charge is 0.496 e. The maximum Gasteiger partial charge on any atom is 0.261 e. The Labute approximate surface area is 191 Å². The number of thiazole rings is 1. The quantitative estimate of drug-likeness (QED) is 0.345. The van der Waals surface area contributed by atoms with Gasteiger partial charge in [0.25, 0.3) is 5.91 Å². The van der Waals surface area contributed by atoms with Crippen LogP contribution in [0, 0.1) is 0 Å². The molecule has 0 spiro atoms. The fourth-order valence-electron chi connectivity index (χ4n) is 3.06. The number of thiocarbonyl (C=S) groups is 1. The molecule has 4 aromatic rings. The Morgan fingerprint density at radius 1 is 1.13 bits per heavy atom. The smallest absolute Gasteiger partial charge is 0.261 e. The van der Waals surface area contributed by atoms with E-state index >= 15 is 0 Å². The van der Waals surface area contributed by atoms with E-state index in [1.807, 2.05) is 29.6 Å². The lowest BCUT2D eigenvalue weighted by Gasteiger charge is -2.10. The number of hydrogen-bond acceptors (Lipinski definition) is 5. The van der Waals surface area contributed by atoms with Crippen LogP contribution in [0.1, 0.15) is 10.4 Å². The molecule has 0 aliphatic heterocycles. The maximum atomic E-state index is 12.6. The highest BCUT2D eigenvalue weighted by Crippen LogP contribution is 2.31. The number of benzene rings is 3. The number of ether oxygens (including phenoxy) is 1. The average molecular weight is 498 g/mol. The summed E-state index contributed by atoms with van der Waals surface area (Å²) >= 11 is 10.1. The Hall–Kier alpha value is -2.81. The van der Waals surface area contributed by atoms with Crippen molar-refractivity contribution in [1.29, 1.82) is 0 Å². The predicted octanol–water partition coefficient (Wildman–Crippen LogP) is 5.86. The molecule has 3 aromatic carbocycles. The van der Waals surface area contributed by atoms with Crippen molar-refractivity contribution in [3.8, 4) is 17.0 Å². The summed E-state index contributed by atoms with van der Waals surface area (Å²) in [4.78, 5) is 17.2. The first-order valence-corrected chi connectivity index (χ1v) is 11.0. The highest BCUT2D eigenvalue weighted by molar-refractivity contribution is 9.10. The van der Waals surface area contributed by atoms with Gasteiger partial charge < -0.3 is 10.1 Å². The van der Waals surface area contributed by atoms with Crippen LogP contribution in [0.3, 0.4) is 0 Å². The highest BCUT2D eigenvalue weighted by Gasteiger charge is 2.15. The fraction of sp³-hybridized carbons (Fsp3) is 0.0455. The molecule has 0 aliphatic rings. The van der Waals surface area contributed by atoms with Crippen molar-refractivity contribution in [3.63, 3.8) is 0 Å². The average Bonchev–Trinajstić information content (AvgIpc) is 3.21. The number of carbonyl (C=O) groups excluding carboxylic acids is 1. The zero-order chi connectivity index (χ0) is 21.1. The number of hydrogen-bond donors (Lipinski definition) is 2. The van der Waals surface area contributed by atoms with Gasteiger partial charge in [0, 0.05) is 15.4 Å². The summed E-state index contributed by atoms with van der Waals surface area (Å²) in [7, 11) is 1.51. The van der Waals surface area contributed by atoms with Crippen LogP contribution in [-0.2, 0) is 0 Å². The van der Waals surface area contributed by atoms with Crippen LogP contribution >= 0.6 is 39.5 Å². The van der Waals surface area contributed by atoms with E-state index in [1.165, 1.54) is 18.4 Å². The molecule has 0 unspecified atom stereocenters. The number of methoxy groups -OCH3 is 1. The molecule has 150 valence electrons. The van der Waals surface area contributed by atoms with E-state index in [4.69, 9.17) is 17.0 Å². The third-order valence-electron chi connectivity index (χ3n) is 4.42. The summed E-state index contributed by atoms with van der Waals surface area (Å²) < 4.78 is 6.02. The molecule has 0 radical (unpaired) electrons. The van der Waals surface area contributed by atoms with Gasteiger partial charge in [-0.05, 0) is 41.2 Å². The summed E-state index contributed by atoms with van der Waals surface area (Å²) in [5.74, 6) is 0.0995. The van der Waals surface area contributed by atoms with Crippen LogP contribution in [0.4, 0.5) is 5.13 Å². The molecule has 0 saturated heterocycles. The van der Waals surface area contributed by atoms with Crippen LogP contribution in [0.15, 0.2) is 70.5 Å². The number of aromatic nitrogens is 1.